The van der Waals surface area contributed by atoms with Gasteiger partial charge in [-0.15, -0.1) is 0 Å². The van der Waals surface area contributed by atoms with E-state index in [0.717, 1.165) is 0 Å². The average Bonchev–Trinajstić information content (AvgIpc) is 3.20. The van der Waals surface area contributed by atoms with Crippen molar-refractivity contribution in [3.05, 3.63) is 109 Å². The van der Waals surface area contributed by atoms with Gasteiger partial charge >= 0.3 is 180 Å². The van der Waals surface area contributed by atoms with Gasteiger partial charge in [0, 0.05) is 0 Å². The molecule has 0 amide bonds. The van der Waals surface area contributed by atoms with Gasteiger partial charge in [-0.25, -0.2) is 0 Å². The first kappa shape index (κ1) is 18.1. The zero-order valence-corrected chi connectivity index (χ0v) is 19.7. The molecule has 2 aliphatic rings. The molecule has 139 valence electrons. The van der Waals surface area contributed by atoms with Gasteiger partial charge in [-0.3, -0.25) is 0 Å². The van der Waals surface area contributed by atoms with Crippen LogP contribution in [-0.2, 0) is 5.41 Å². The van der Waals surface area contributed by atoms with E-state index in [1.165, 1.54) is 50.1 Å². The summed E-state index contributed by atoms with van der Waals surface area (Å²) in [7, 11) is 0. The Morgan fingerprint density at radius 3 is 1.54 bits per heavy atom. The van der Waals surface area contributed by atoms with Crippen molar-refractivity contribution in [2.75, 3.05) is 0 Å². The van der Waals surface area contributed by atoms with Crippen molar-refractivity contribution >= 4 is 5.57 Å². The number of benzene rings is 3. The summed E-state index contributed by atoms with van der Waals surface area (Å²) in [6.07, 6.45) is 0. The molecule has 0 N–H and O–H groups in total. The Kier molecular flexibility index (Phi) is 4.22. The van der Waals surface area contributed by atoms with Crippen molar-refractivity contribution in [3.63, 3.8) is 0 Å². The standard InChI is InChI=1S/C27H24At/c1-17(2)26-25(18(3)28-4)21-13-7-10-16-24(21)27(26)22-14-8-5-11-19(22)20-12-6-9-15-23(20)27/h5-16H,1-4H3/b25-18+. The third-order valence-corrected chi connectivity index (χ3v) is 9.24. The summed E-state index contributed by atoms with van der Waals surface area (Å²) in [5.74, 6) is 0. The van der Waals surface area contributed by atoms with Crippen molar-refractivity contribution in [3.8, 4) is 11.1 Å². The van der Waals surface area contributed by atoms with E-state index in [-0.39, 0.29) is 28.6 Å². The molecule has 0 bridgehead atoms. The maximum absolute atomic E-state index is 2.43. The molecule has 0 aromatic heterocycles. The molecule has 1 heteroatoms. The van der Waals surface area contributed by atoms with E-state index in [0.29, 0.717) is 0 Å². The van der Waals surface area contributed by atoms with E-state index in [4.69, 9.17) is 0 Å². The van der Waals surface area contributed by atoms with Crippen LogP contribution in [0.2, 0.25) is 4.63 Å². The number of hydrogen-bond acceptors (Lipinski definition) is 0. The van der Waals surface area contributed by atoms with Gasteiger partial charge in [0.25, 0.3) is 0 Å². The SMILES string of the molecule is C[At]/C(C)=C1/C(=C(C)C)C2(c3ccccc31)c1ccccc1-c1ccccc12. The monoisotopic (exact) mass is 558 g/mol. The molecule has 3 aromatic rings. The van der Waals surface area contributed by atoms with Crippen LogP contribution in [0.25, 0.3) is 16.7 Å². The Labute approximate surface area is 179 Å². The van der Waals surface area contributed by atoms with E-state index >= 15 is 0 Å². The van der Waals surface area contributed by atoms with Crippen molar-refractivity contribution < 1.29 is 23.2 Å². The molecule has 0 nitrogen and oxygen atoms in total. The van der Waals surface area contributed by atoms with Crippen LogP contribution in [0.5, 0.6) is 0 Å². The van der Waals surface area contributed by atoms with E-state index in [1.807, 2.05) is 0 Å². The summed E-state index contributed by atoms with van der Waals surface area (Å²) in [5, 5.41) is 0. The number of rotatable bonds is 1. The average molecular weight is 558 g/mol. The Morgan fingerprint density at radius 2 is 1.07 bits per heavy atom. The Hall–Kier alpha value is -1.98. The fourth-order valence-electron chi connectivity index (χ4n) is 5.36. The van der Waals surface area contributed by atoms with Crippen molar-refractivity contribution in [1.82, 2.24) is 0 Å². The van der Waals surface area contributed by atoms with Crippen molar-refractivity contribution in [2.45, 2.75) is 30.8 Å². The van der Waals surface area contributed by atoms with Gasteiger partial charge in [0.2, 0.25) is 0 Å². The predicted molar refractivity (Wildman–Crippen MR) is 115 cm³/mol. The van der Waals surface area contributed by atoms with Gasteiger partial charge in [-0.05, 0) is 0 Å². The number of hydrogen-bond donors (Lipinski definition) is 0. The first-order valence-electron chi connectivity index (χ1n) is 9.80. The molecule has 0 saturated heterocycles. The van der Waals surface area contributed by atoms with E-state index in [1.54, 1.807) is 3.28 Å². The first-order chi connectivity index (χ1) is 13.6. The molecule has 2 aliphatic carbocycles. The van der Waals surface area contributed by atoms with Gasteiger partial charge in [0.15, 0.2) is 0 Å². The zero-order chi connectivity index (χ0) is 19.5. The normalized spacial score (nSPS) is 17.4. The zero-order valence-electron chi connectivity index (χ0n) is 16.8. The van der Waals surface area contributed by atoms with Gasteiger partial charge in [0.05, 0.1) is 0 Å². The molecule has 0 fully saturated rings. The third-order valence-electron chi connectivity index (χ3n) is 6.31. The van der Waals surface area contributed by atoms with Gasteiger partial charge in [0.1, 0.15) is 0 Å². The second kappa shape index (κ2) is 6.53. The van der Waals surface area contributed by atoms with E-state index in [2.05, 4.69) is 98.2 Å². The van der Waals surface area contributed by atoms with Crippen LogP contribution in [-0.4, -0.2) is 0 Å². The molecule has 5 rings (SSSR count). The maximum atomic E-state index is 2.43. The second-order valence-corrected chi connectivity index (χ2v) is 11.5. The van der Waals surface area contributed by atoms with Gasteiger partial charge in [-0.2, -0.15) is 0 Å². The van der Waals surface area contributed by atoms with Crippen LogP contribution in [0.15, 0.2) is 87.2 Å². The summed E-state index contributed by atoms with van der Waals surface area (Å²) in [4.78, 5) is 0. The first-order valence-corrected chi connectivity index (χ1v) is 14.2. The molecule has 0 saturated carbocycles. The van der Waals surface area contributed by atoms with E-state index < -0.39 is 0 Å². The van der Waals surface area contributed by atoms with Crippen LogP contribution in [0.4, 0.5) is 0 Å². The minimum atomic E-state index is -0.375. The molecular formula is C27H24At. The molecule has 0 heterocycles. The topological polar surface area (TPSA) is 0 Å². The quantitative estimate of drug-likeness (QED) is 0.296. The molecule has 0 atom stereocenters. The van der Waals surface area contributed by atoms with Crippen LogP contribution in [0, 0.1) is 23.2 Å². The fraction of sp³-hybridized carbons (Fsp3) is 0.185. The Morgan fingerprint density at radius 1 is 0.643 bits per heavy atom. The number of fused-ring (bicyclic) bond motifs is 7. The second-order valence-electron chi connectivity index (χ2n) is 7.86. The molecule has 0 aliphatic heterocycles. The molecule has 28 heavy (non-hydrogen) atoms. The Bertz CT molecular complexity index is 1130. The molecular weight excluding hydrogens is 534 g/mol. The fourth-order valence-corrected chi connectivity index (χ4v) is 6.85. The summed E-state index contributed by atoms with van der Waals surface area (Å²) in [6.45, 7) is 6.98. The minimum absolute atomic E-state index is 0.176. The van der Waals surface area contributed by atoms with Crippen molar-refractivity contribution in [2.24, 2.45) is 0 Å². The summed E-state index contributed by atoms with van der Waals surface area (Å²) >= 11 is -0.375. The molecule has 0 unspecified atom stereocenters. The van der Waals surface area contributed by atoms with Gasteiger partial charge in [-0.1, -0.05) is 0 Å². The number of allylic oxidation sites excluding steroid dienone is 4. The Balaban J connectivity index is 2.05. The van der Waals surface area contributed by atoms with Crippen LogP contribution < -0.4 is 0 Å². The third kappa shape index (κ3) is 2.15. The summed E-state index contributed by atoms with van der Waals surface area (Å²) in [6, 6.07) is 27.3. The van der Waals surface area contributed by atoms with Crippen LogP contribution >= 0.6 is 0 Å². The summed E-state index contributed by atoms with van der Waals surface area (Å²) in [5.41, 5.74) is 12.9. The molecule has 3 aromatic carbocycles. The van der Waals surface area contributed by atoms with Crippen LogP contribution in [0.3, 0.4) is 0 Å². The van der Waals surface area contributed by atoms with Gasteiger partial charge < -0.3 is 0 Å². The molecule has 1 spiro atoms. The summed E-state index contributed by atoms with van der Waals surface area (Å²) < 4.78 is 4.05. The predicted octanol–water partition coefficient (Wildman–Crippen LogP) is 7.22. The molecule has 1 radical (unpaired) electrons. The van der Waals surface area contributed by atoms with E-state index in [9.17, 15) is 0 Å². The van der Waals surface area contributed by atoms with Crippen molar-refractivity contribution in [1.29, 1.82) is 0 Å². The van der Waals surface area contributed by atoms with Crippen LogP contribution in [0.1, 0.15) is 43.0 Å².